The number of nitrogens with zero attached hydrogens (tertiary/aromatic N) is 1. The maximum Gasteiger partial charge on any atom is 0.417 e. The van der Waals surface area contributed by atoms with Crippen LogP contribution in [0.25, 0.3) is 11.0 Å². The first-order chi connectivity index (χ1) is 18.2. The van der Waals surface area contributed by atoms with Crippen molar-refractivity contribution < 1.29 is 27.9 Å². The largest absolute Gasteiger partial charge is 0.417 e. The quantitative estimate of drug-likeness (QED) is 0.164. The van der Waals surface area contributed by atoms with Gasteiger partial charge in [-0.25, -0.2) is 4.98 Å². The zero-order valence-electron chi connectivity index (χ0n) is 21.5. The fraction of sp³-hybridized carbons (Fsp3) is 0.222. The van der Waals surface area contributed by atoms with Crippen LogP contribution in [-0.2, 0) is 6.18 Å². The van der Waals surface area contributed by atoms with Crippen LogP contribution >= 0.6 is 24.0 Å². The number of fused-ring (bicyclic) bond motifs is 1. The third-order valence-corrected chi connectivity index (χ3v) is 6.18. The Bertz CT molecular complexity index is 1570. The number of halogens is 5. The maximum absolute atomic E-state index is 13.5. The Morgan fingerprint density at radius 2 is 1.68 bits per heavy atom. The molecule has 4 aromatic rings. The minimum Gasteiger partial charge on any atom is -0.389 e. The number of imidazole rings is 1. The lowest BCUT2D eigenvalue weighted by atomic mass is 10.1. The van der Waals surface area contributed by atoms with Crippen LogP contribution in [0.15, 0.2) is 54.6 Å². The van der Waals surface area contributed by atoms with Crippen LogP contribution in [0.4, 0.5) is 30.5 Å². The molecule has 13 heteroatoms. The lowest BCUT2D eigenvalue weighted by Gasteiger charge is -2.16. The van der Waals surface area contributed by atoms with Gasteiger partial charge in [0.15, 0.2) is 0 Å². The molecule has 3 aromatic carbocycles. The number of alkyl halides is 3. The third-order valence-electron chi connectivity index (χ3n) is 5.77. The molecular weight excluding hydrogens is 570 g/mol. The van der Waals surface area contributed by atoms with Crippen LogP contribution in [0.1, 0.15) is 45.7 Å². The normalized spacial score (nSPS) is 11.6. The molecule has 0 spiro atoms. The Morgan fingerprint density at radius 3 is 2.35 bits per heavy atom. The van der Waals surface area contributed by atoms with Gasteiger partial charge in [0.25, 0.3) is 11.8 Å². The number of carbonyl (C=O) groups is 2. The molecule has 0 aliphatic carbocycles. The molecular formula is C27H26Cl2F3N5O3. The fourth-order valence-corrected chi connectivity index (χ4v) is 3.98. The van der Waals surface area contributed by atoms with Gasteiger partial charge in [0.05, 0.1) is 27.8 Å². The molecule has 0 unspecified atom stereocenters. The van der Waals surface area contributed by atoms with Crippen molar-refractivity contribution in [2.24, 2.45) is 0 Å². The van der Waals surface area contributed by atoms with E-state index < -0.39 is 34.7 Å². The lowest BCUT2D eigenvalue weighted by Crippen LogP contribution is -2.29. The van der Waals surface area contributed by atoms with E-state index in [-0.39, 0.29) is 41.7 Å². The number of aromatic amines is 1. The van der Waals surface area contributed by atoms with Crippen molar-refractivity contribution in [2.75, 3.05) is 22.5 Å². The second-order valence-electron chi connectivity index (χ2n) is 9.54. The highest BCUT2D eigenvalue weighted by Crippen LogP contribution is 2.33. The molecule has 0 bridgehead atoms. The zero-order valence-corrected chi connectivity index (χ0v) is 23.1. The summed E-state index contributed by atoms with van der Waals surface area (Å²) in [7, 11) is 0. The van der Waals surface area contributed by atoms with Gasteiger partial charge in [-0.2, -0.15) is 13.2 Å². The highest BCUT2D eigenvalue weighted by Gasteiger charge is 2.35. The van der Waals surface area contributed by atoms with Gasteiger partial charge >= 0.3 is 6.18 Å². The monoisotopic (exact) mass is 595 g/mol. The topological polar surface area (TPSA) is 119 Å². The molecule has 0 aliphatic heterocycles. The number of hydrogen-bond donors (Lipinski definition) is 5. The molecule has 4 rings (SSSR count). The molecule has 0 saturated heterocycles. The Balaban J connectivity index is 0.00000441. The Hall–Kier alpha value is -3.80. The fourth-order valence-electron chi connectivity index (χ4n) is 3.81. The molecule has 0 fully saturated rings. The molecule has 40 heavy (non-hydrogen) atoms. The number of aliphatic hydroxyl groups is 1. The molecule has 5 N–H and O–H groups in total. The van der Waals surface area contributed by atoms with E-state index in [0.29, 0.717) is 21.8 Å². The first kappa shape index (κ1) is 30.7. The number of anilines is 3. The summed E-state index contributed by atoms with van der Waals surface area (Å²) in [6.07, 6.45) is -4.73. The van der Waals surface area contributed by atoms with Gasteiger partial charge in [-0.3, -0.25) is 9.59 Å². The SMILES string of the molecule is Cc1c(Cl)cccc1NC(=O)c1cc(NC(=O)c2ccccc2C(F)(F)F)cc2[nH]c(NCC(C)(C)O)nc12.Cl. The number of H-pyrrole nitrogens is 1. The Labute approximate surface area is 238 Å². The van der Waals surface area contributed by atoms with E-state index in [1.165, 1.54) is 24.3 Å². The molecule has 0 atom stereocenters. The number of nitrogens with one attached hydrogen (secondary N) is 4. The van der Waals surface area contributed by atoms with Crippen molar-refractivity contribution in [3.63, 3.8) is 0 Å². The van der Waals surface area contributed by atoms with Gasteiger partial charge in [0.1, 0.15) is 5.52 Å². The third kappa shape index (κ3) is 7.04. The Kier molecular flexibility index (Phi) is 9.03. The molecule has 2 amide bonds. The predicted molar refractivity (Wildman–Crippen MR) is 152 cm³/mol. The molecule has 1 aromatic heterocycles. The highest BCUT2D eigenvalue weighted by molar-refractivity contribution is 6.31. The number of benzene rings is 3. The standard InChI is InChI=1S/C27H25ClF3N5O3.ClH/c1-14-19(28)9-6-10-20(14)34-24(38)17-11-15(12-21-22(17)36-25(35-21)32-13-26(2,3)39)33-23(37)16-7-4-5-8-18(16)27(29,30)31;/h4-12,39H,13H2,1-3H3,(H,33,37)(H,34,38)(H2,32,35,36);1H. The van der Waals surface area contributed by atoms with Crippen LogP contribution < -0.4 is 16.0 Å². The smallest absolute Gasteiger partial charge is 0.389 e. The Morgan fingerprint density at radius 1 is 1.00 bits per heavy atom. The lowest BCUT2D eigenvalue weighted by molar-refractivity contribution is -0.137. The summed E-state index contributed by atoms with van der Waals surface area (Å²) in [5.41, 5.74) is -0.970. The maximum atomic E-state index is 13.5. The van der Waals surface area contributed by atoms with E-state index in [9.17, 15) is 27.9 Å². The van der Waals surface area contributed by atoms with Crippen LogP contribution in [0.5, 0.6) is 0 Å². The van der Waals surface area contributed by atoms with Crippen LogP contribution in [0, 0.1) is 6.92 Å². The molecule has 212 valence electrons. The number of amides is 2. The summed E-state index contributed by atoms with van der Waals surface area (Å²) < 4.78 is 40.4. The molecule has 0 saturated carbocycles. The van der Waals surface area contributed by atoms with E-state index >= 15 is 0 Å². The van der Waals surface area contributed by atoms with E-state index in [1.807, 2.05) is 0 Å². The summed E-state index contributed by atoms with van der Waals surface area (Å²) in [6.45, 7) is 5.06. The van der Waals surface area contributed by atoms with Crippen molar-refractivity contribution in [2.45, 2.75) is 32.5 Å². The second kappa shape index (κ2) is 11.7. The number of hydrogen-bond acceptors (Lipinski definition) is 5. The average Bonchev–Trinajstić information content (AvgIpc) is 3.27. The second-order valence-corrected chi connectivity index (χ2v) is 9.94. The molecule has 8 nitrogen and oxygen atoms in total. The van der Waals surface area contributed by atoms with Gasteiger partial charge in [0, 0.05) is 22.9 Å². The molecule has 0 aliphatic rings. The van der Waals surface area contributed by atoms with E-state index in [0.717, 1.165) is 12.1 Å². The molecule has 0 radical (unpaired) electrons. The van der Waals surface area contributed by atoms with Crippen molar-refractivity contribution in [3.05, 3.63) is 81.9 Å². The van der Waals surface area contributed by atoms with E-state index in [2.05, 4.69) is 25.9 Å². The first-order valence-corrected chi connectivity index (χ1v) is 12.1. The summed E-state index contributed by atoms with van der Waals surface area (Å²) in [5.74, 6) is -1.34. The van der Waals surface area contributed by atoms with Crippen molar-refractivity contribution >= 4 is 64.2 Å². The number of carbonyl (C=O) groups excluding carboxylic acids is 2. The van der Waals surface area contributed by atoms with Gasteiger partial charge in [-0.15, -0.1) is 12.4 Å². The van der Waals surface area contributed by atoms with Crippen LogP contribution in [0.2, 0.25) is 5.02 Å². The number of rotatable bonds is 7. The summed E-state index contributed by atoms with van der Waals surface area (Å²) in [5, 5.41) is 18.6. The number of aromatic nitrogens is 2. The van der Waals surface area contributed by atoms with Crippen LogP contribution in [-0.4, -0.2) is 39.0 Å². The summed E-state index contributed by atoms with van der Waals surface area (Å²) in [6, 6.07) is 12.2. The summed E-state index contributed by atoms with van der Waals surface area (Å²) >= 11 is 6.17. The highest BCUT2D eigenvalue weighted by atomic mass is 35.5. The van der Waals surface area contributed by atoms with Gasteiger partial charge in [-0.1, -0.05) is 29.8 Å². The summed E-state index contributed by atoms with van der Waals surface area (Å²) in [4.78, 5) is 33.7. The van der Waals surface area contributed by atoms with E-state index in [4.69, 9.17) is 11.6 Å². The van der Waals surface area contributed by atoms with Crippen LogP contribution in [0.3, 0.4) is 0 Å². The first-order valence-electron chi connectivity index (χ1n) is 11.8. The molecule has 1 heterocycles. The average molecular weight is 596 g/mol. The predicted octanol–water partition coefficient (Wildman–Crippen LogP) is 6.65. The van der Waals surface area contributed by atoms with Crippen molar-refractivity contribution in [3.8, 4) is 0 Å². The zero-order chi connectivity index (χ0) is 28.5. The van der Waals surface area contributed by atoms with Crippen molar-refractivity contribution in [1.82, 2.24) is 9.97 Å². The van der Waals surface area contributed by atoms with Gasteiger partial charge < -0.3 is 26.0 Å². The van der Waals surface area contributed by atoms with Gasteiger partial charge in [-0.05, 0) is 62.7 Å². The van der Waals surface area contributed by atoms with Gasteiger partial charge in [0.2, 0.25) is 5.95 Å². The van der Waals surface area contributed by atoms with Crippen molar-refractivity contribution in [1.29, 1.82) is 0 Å². The minimum absolute atomic E-state index is 0. The minimum atomic E-state index is -4.73. The van der Waals surface area contributed by atoms with E-state index in [1.54, 1.807) is 39.0 Å².